The molecule has 0 saturated carbocycles. The predicted octanol–water partition coefficient (Wildman–Crippen LogP) is 6.96. The summed E-state index contributed by atoms with van der Waals surface area (Å²) in [6.45, 7) is 9.86. The van der Waals surface area contributed by atoms with Crippen LogP contribution in [0.5, 0.6) is 0 Å². The largest absolute Gasteiger partial charge is 0.444 e. The van der Waals surface area contributed by atoms with E-state index in [9.17, 15) is 38.7 Å². The molecule has 4 aromatic carbocycles. The fraction of sp³-hybridized carbons (Fsp3) is 0.483. The van der Waals surface area contributed by atoms with E-state index in [1.165, 1.54) is 0 Å². The van der Waals surface area contributed by atoms with Crippen LogP contribution >= 0.6 is 11.8 Å². The number of alkyl carbamates (subject to hydrolysis) is 1. The van der Waals surface area contributed by atoms with Gasteiger partial charge >= 0.3 is 12.1 Å². The molecule has 8 N–H and O–H groups in total. The van der Waals surface area contributed by atoms with Crippen LogP contribution in [-0.2, 0) is 43.2 Å². The SMILES string of the molecule is CC(C)C[C@H](NC(=O)[C@@H](Cc1ccc(C(=O)c2ccccc2)cc1)C[C@@H](O)[C@H](Cc1ccccc1)NC(=O)OC(C)(C)C)C(=O)N[C@@H](Cc1ccccc1)C(=O)NCCCCNC(=O)CCCC[C@@H]1SC[C@@H]2NC(=O)N[C@@H]21. The van der Waals surface area contributed by atoms with Gasteiger partial charge in [-0.3, -0.25) is 24.0 Å². The molecule has 8 atom stereocenters. The van der Waals surface area contributed by atoms with Crippen molar-refractivity contribution < 1.29 is 43.4 Å². The van der Waals surface area contributed by atoms with Crippen molar-refractivity contribution in [2.75, 3.05) is 18.8 Å². The molecular formula is C60H79N7O9S. The molecule has 0 aromatic heterocycles. The van der Waals surface area contributed by atoms with Gasteiger partial charge in [-0.05, 0) is 94.7 Å². The second-order valence-corrected chi connectivity index (χ2v) is 23.0. The van der Waals surface area contributed by atoms with Gasteiger partial charge < -0.3 is 47.1 Å². The summed E-state index contributed by atoms with van der Waals surface area (Å²) in [5, 5.41) is 33.1. The first kappa shape index (κ1) is 59.5. The number of rotatable bonds is 29. The Balaban J connectivity index is 1.10. The van der Waals surface area contributed by atoms with E-state index < -0.39 is 59.6 Å². The zero-order valence-electron chi connectivity index (χ0n) is 45.2. The summed E-state index contributed by atoms with van der Waals surface area (Å²) in [5.74, 6) is -1.71. The molecule has 6 rings (SSSR count). The maximum absolute atomic E-state index is 14.8. The number of nitrogens with one attached hydrogen (secondary N) is 7. The predicted molar refractivity (Wildman–Crippen MR) is 300 cm³/mol. The van der Waals surface area contributed by atoms with Crippen LogP contribution in [-0.4, -0.2) is 113 Å². The van der Waals surface area contributed by atoms with Gasteiger partial charge in [-0.1, -0.05) is 136 Å². The number of urea groups is 1. The lowest BCUT2D eigenvalue weighted by Crippen LogP contribution is -2.56. The second kappa shape index (κ2) is 29.7. The summed E-state index contributed by atoms with van der Waals surface area (Å²) < 4.78 is 5.58. The molecule has 0 radical (unpaired) electrons. The summed E-state index contributed by atoms with van der Waals surface area (Å²) in [6.07, 6.45) is 2.92. The lowest BCUT2D eigenvalue weighted by molar-refractivity contribution is -0.134. The highest BCUT2D eigenvalue weighted by Gasteiger charge is 2.42. The standard InChI is InChI=1S/C60H79N7O9S/c1-39(2)33-47(57(73)64-48(36-41-21-11-7-12-22-41)56(72)62-32-18-17-31-61-52(69)26-16-15-25-51-53-49(38-77-51)65-58(74)67-53)63-55(71)45(34-42-27-29-44(30-28-42)54(70)43-23-13-8-14-24-43)37-50(68)46(35-40-19-9-6-10-20-40)66-59(75)76-60(3,4)5/h6-14,19-24,27-30,39,45-51,53,68H,15-18,25-26,31-38H2,1-5H3,(H,61,69)(H,62,72)(H,63,71)(H,64,73)(H,66,75)(H2,65,67,74)/t45-,46-,47-,48-,49-,50+,51-,53-/m0/s1. The molecular weight excluding hydrogens is 995 g/mol. The Morgan fingerprint density at radius 2 is 1.23 bits per heavy atom. The first-order chi connectivity index (χ1) is 36.9. The molecule has 0 bridgehead atoms. The first-order valence-electron chi connectivity index (χ1n) is 27.2. The van der Waals surface area contributed by atoms with Gasteiger partial charge in [-0.2, -0.15) is 11.8 Å². The highest BCUT2D eigenvalue weighted by molar-refractivity contribution is 8.00. The van der Waals surface area contributed by atoms with Gasteiger partial charge in [-0.25, -0.2) is 9.59 Å². The minimum atomic E-state index is -1.26. The van der Waals surface area contributed by atoms with Gasteiger partial charge in [-0.15, -0.1) is 0 Å². The molecule has 2 saturated heterocycles. The number of thioether (sulfide) groups is 1. The van der Waals surface area contributed by atoms with Crippen LogP contribution in [0, 0.1) is 11.8 Å². The average Bonchev–Trinajstić information content (AvgIpc) is 3.96. The number of unbranched alkanes of at least 4 members (excludes halogenated alkanes) is 2. The van der Waals surface area contributed by atoms with E-state index >= 15 is 0 Å². The van der Waals surface area contributed by atoms with Crippen LogP contribution in [0.15, 0.2) is 115 Å². The fourth-order valence-electron chi connectivity index (χ4n) is 9.68. The molecule has 2 heterocycles. The van der Waals surface area contributed by atoms with Crippen LogP contribution in [0.2, 0.25) is 0 Å². The van der Waals surface area contributed by atoms with Crippen molar-refractivity contribution in [2.45, 2.75) is 152 Å². The van der Waals surface area contributed by atoms with E-state index in [1.54, 1.807) is 69.3 Å². The molecule has 0 unspecified atom stereocenters. The lowest BCUT2D eigenvalue weighted by Gasteiger charge is -2.30. The maximum atomic E-state index is 14.8. The van der Waals surface area contributed by atoms with Gasteiger partial charge in [0.1, 0.15) is 17.7 Å². The Morgan fingerprint density at radius 3 is 1.87 bits per heavy atom. The Bertz CT molecular complexity index is 2550. The highest BCUT2D eigenvalue weighted by Crippen LogP contribution is 2.33. The Kier molecular flexibility index (Phi) is 23.0. The molecule has 414 valence electrons. The Labute approximate surface area is 458 Å². The van der Waals surface area contributed by atoms with Crippen molar-refractivity contribution >= 4 is 53.3 Å². The molecule has 0 spiro atoms. The van der Waals surface area contributed by atoms with Crippen LogP contribution in [0.1, 0.15) is 119 Å². The fourth-order valence-corrected chi connectivity index (χ4v) is 11.2. The molecule has 2 aliphatic rings. The van der Waals surface area contributed by atoms with E-state index in [2.05, 4.69) is 37.2 Å². The number of fused-ring (bicyclic) bond motifs is 1. The number of aliphatic hydroxyl groups excluding tert-OH is 1. The summed E-state index contributed by atoms with van der Waals surface area (Å²) in [5.41, 5.74) is 2.56. The molecule has 16 nitrogen and oxygen atoms in total. The van der Waals surface area contributed by atoms with Gasteiger partial charge in [0, 0.05) is 54.0 Å². The minimum absolute atomic E-state index is 0.0219. The van der Waals surface area contributed by atoms with E-state index in [4.69, 9.17) is 4.74 Å². The Hall–Kier alpha value is -6.72. The molecule has 17 heteroatoms. The zero-order valence-corrected chi connectivity index (χ0v) is 46.0. The third-order valence-corrected chi connectivity index (χ3v) is 15.2. The van der Waals surface area contributed by atoms with E-state index in [-0.39, 0.29) is 67.8 Å². The van der Waals surface area contributed by atoms with E-state index in [0.717, 1.165) is 36.1 Å². The lowest BCUT2D eigenvalue weighted by atomic mass is 9.88. The van der Waals surface area contributed by atoms with Crippen molar-refractivity contribution in [3.8, 4) is 0 Å². The Morgan fingerprint density at radius 1 is 0.649 bits per heavy atom. The van der Waals surface area contributed by atoms with Crippen molar-refractivity contribution in [1.82, 2.24) is 37.2 Å². The van der Waals surface area contributed by atoms with E-state index in [0.29, 0.717) is 54.3 Å². The quantitative estimate of drug-likeness (QED) is 0.0158. The summed E-state index contributed by atoms with van der Waals surface area (Å²) >= 11 is 1.86. The maximum Gasteiger partial charge on any atom is 0.407 e. The van der Waals surface area contributed by atoms with E-state index in [1.807, 2.05) is 92.3 Å². The zero-order chi connectivity index (χ0) is 55.3. The molecule has 0 aliphatic carbocycles. The molecule has 7 amide bonds. The topological polar surface area (TPSA) is 233 Å². The van der Waals surface area contributed by atoms with Crippen molar-refractivity contribution in [2.24, 2.45) is 11.8 Å². The van der Waals surface area contributed by atoms with Crippen molar-refractivity contribution in [3.05, 3.63) is 143 Å². The normalized spacial score (nSPS) is 17.8. The number of ether oxygens (including phenoxy) is 1. The van der Waals surface area contributed by atoms with Gasteiger partial charge in [0.05, 0.1) is 24.2 Å². The second-order valence-electron chi connectivity index (χ2n) is 21.7. The first-order valence-corrected chi connectivity index (χ1v) is 28.2. The van der Waals surface area contributed by atoms with Crippen LogP contribution in [0.25, 0.3) is 0 Å². The van der Waals surface area contributed by atoms with Crippen molar-refractivity contribution in [3.63, 3.8) is 0 Å². The number of benzene rings is 4. The molecule has 77 heavy (non-hydrogen) atoms. The number of amides is 7. The number of ketones is 1. The molecule has 4 aromatic rings. The number of hydrogen-bond acceptors (Lipinski definition) is 10. The third-order valence-electron chi connectivity index (χ3n) is 13.7. The van der Waals surface area contributed by atoms with Gasteiger partial charge in [0.25, 0.3) is 0 Å². The molecule has 2 fully saturated rings. The van der Waals surface area contributed by atoms with Gasteiger partial charge in [0.15, 0.2) is 5.78 Å². The average molecular weight is 1070 g/mol. The van der Waals surface area contributed by atoms with Crippen LogP contribution in [0.4, 0.5) is 9.59 Å². The number of carbonyl (C=O) groups excluding carboxylic acids is 7. The van der Waals surface area contributed by atoms with Crippen LogP contribution in [0.3, 0.4) is 0 Å². The summed E-state index contributed by atoms with van der Waals surface area (Å²) in [7, 11) is 0. The van der Waals surface area contributed by atoms with Gasteiger partial charge in [0.2, 0.25) is 23.6 Å². The minimum Gasteiger partial charge on any atom is -0.444 e. The third kappa shape index (κ3) is 20.0. The van der Waals surface area contributed by atoms with Crippen molar-refractivity contribution in [1.29, 1.82) is 0 Å². The monoisotopic (exact) mass is 1070 g/mol. The van der Waals surface area contributed by atoms with Crippen LogP contribution < -0.4 is 37.2 Å². The highest BCUT2D eigenvalue weighted by atomic mass is 32.2. The summed E-state index contributed by atoms with van der Waals surface area (Å²) in [4.78, 5) is 94.0. The summed E-state index contributed by atoms with van der Waals surface area (Å²) in [6, 6.07) is 31.9. The smallest absolute Gasteiger partial charge is 0.407 e. The molecule has 2 aliphatic heterocycles. The number of aliphatic hydroxyl groups is 1. The number of carbonyl (C=O) groups is 7. The number of hydrogen-bond donors (Lipinski definition) is 8.